The van der Waals surface area contributed by atoms with E-state index in [0.29, 0.717) is 24.5 Å². The number of methoxy groups -OCH3 is 2. The Bertz CT molecular complexity index is 1090. The van der Waals surface area contributed by atoms with Gasteiger partial charge in [0.1, 0.15) is 6.33 Å². The lowest BCUT2D eigenvalue weighted by Gasteiger charge is -2.13. The van der Waals surface area contributed by atoms with Crippen LogP contribution in [0.15, 0.2) is 42.7 Å². The van der Waals surface area contributed by atoms with Crippen molar-refractivity contribution in [3.8, 4) is 11.5 Å². The zero-order chi connectivity index (χ0) is 22.4. The predicted molar refractivity (Wildman–Crippen MR) is 120 cm³/mol. The van der Waals surface area contributed by atoms with Crippen molar-refractivity contribution in [3.05, 3.63) is 69.5 Å². The van der Waals surface area contributed by atoms with Crippen LogP contribution in [0.1, 0.15) is 16.7 Å². The van der Waals surface area contributed by atoms with Gasteiger partial charge in [0.25, 0.3) is 0 Å². The number of anilines is 3. The fraction of sp³-hybridized carbons (Fsp3) is 0.273. The summed E-state index contributed by atoms with van der Waals surface area (Å²) in [6.07, 6.45) is 1.92. The van der Waals surface area contributed by atoms with E-state index in [1.54, 1.807) is 14.2 Å². The first-order chi connectivity index (χ1) is 14.9. The van der Waals surface area contributed by atoms with E-state index in [0.717, 1.165) is 22.4 Å². The van der Waals surface area contributed by atoms with Gasteiger partial charge in [-0.05, 0) is 55.2 Å². The zero-order valence-corrected chi connectivity index (χ0v) is 17.9. The summed E-state index contributed by atoms with van der Waals surface area (Å²) in [4.78, 5) is 19.5. The van der Waals surface area contributed by atoms with E-state index in [4.69, 9.17) is 9.47 Å². The number of ether oxygens (including phenoxy) is 2. The van der Waals surface area contributed by atoms with Gasteiger partial charge in [-0.3, -0.25) is 10.1 Å². The Morgan fingerprint density at radius 2 is 1.77 bits per heavy atom. The van der Waals surface area contributed by atoms with Crippen molar-refractivity contribution in [2.24, 2.45) is 0 Å². The molecule has 9 heteroatoms. The second-order valence-electron chi connectivity index (χ2n) is 6.92. The largest absolute Gasteiger partial charge is 0.493 e. The van der Waals surface area contributed by atoms with E-state index in [9.17, 15) is 10.1 Å². The molecule has 3 rings (SSSR count). The van der Waals surface area contributed by atoms with E-state index in [1.165, 1.54) is 6.33 Å². The number of hydrogen-bond acceptors (Lipinski definition) is 8. The Balaban J connectivity index is 1.78. The van der Waals surface area contributed by atoms with Crippen molar-refractivity contribution in [3.63, 3.8) is 0 Å². The fourth-order valence-electron chi connectivity index (χ4n) is 3.15. The van der Waals surface area contributed by atoms with Crippen LogP contribution in [0.25, 0.3) is 0 Å². The maximum Gasteiger partial charge on any atom is 0.353 e. The second kappa shape index (κ2) is 9.75. The third kappa shape index (κ3) is 5.00. The Kier molecular flexibility index (Phi) is 6.86. The van der Waals surface area contributed by atoms with Crippen LogP contribution in [0, 0.1) is 24.0 Å². The Hall–Kier alpha value is -3.88. The molecule has 0 spiro atoms. The first kappa shape index (κ1) is 21.8. The Morgan fingerprint density at radius 3 is 2.48 bits per heavy atom. The minimum Gasteiger partial charge on any atom is -0.493 e. The van der Waals surface area contributed by atoms with Crippen LogP contribution in [-0.2, 0) is 6.42 Å². The molecule has 162 valence electrons. The molecule has 0 radical (unpaired) electrons. The maximum absolute atomic E-state index is 11.8. The maximum atomic E-state index is 11.8. The molecule has 0 saturated heterocycles. The van der Waals surface area contributed by atoms with Crippen LogP contribution in [0.2, 0.25) is 0 Å². The number of benzene rings is 2. The van der Waals surface area contributed by atoms with E-state index in [2.05, 4.69) is 20.6 Å². The zero-order valence-electron chi connectivity index (χ0n) is 17.9. The number of nitro groups is 1. The molecule has 0 saturated carbocycles. The van der Waals surface area contributed by atoms with Gasteiger partial charge in [0.2, 0.25) is 11.6 Å². The van der Waals surface area contributed by atoms with Crippen molar-refractivity contribution in [2.75, 3.05) is 31.4 Å². The molecule has 0 fully saturated rings. The van der Waals surface area contributed by atoms with Gasteiger partial charge in [-0.25, -0.2) is 9.97 Å². The van der Waals surface area contributed by atoms with E-state index in [1.807, 2.05) is 50.2 Å². The van der Waals surface area contributed by atoms with Crippen molar-refractivity contribution in [1.82, 2.24) is 9.97 Å². The predicted octanol–water partition coefficient (Wildman–Crippen LogP) is 4.42. The van der Waals surface area contributed by atoms with Crippen LogP contribution < -0.4 is 20.1 Å². The highest BCUT2D eigenvalue weighted by Crippen LogP contribution is 2.33. The molecule has 3 aromatic rings. The smallest absolute Gasteiger partial charge is 0.353 e. The summed E-state index contributed by atoms with van der Waals surface area (Å²) in [6, 6.07) is 11.4. The molecule has 2 N–H and O–H groups in total. The molecule has 0 atom stereocenters. The number of nitrogens with zero attached hydrogens (tertiary/aromatic N) is 3. The van der Waals surface area contributed by atoms with Crippen LogP contribution >= 0.6 is 0 Å². The highest BCUT2D eigenvalue weighted by atomic mass is 16.6. The Labute approximate surface area is 180 Å². The van der Waals surface area contributed by atoms with Gasteiger partial charge in [-0.1, -0.05) is 18.2 Å². The number of nitrogens with one attached hydrogen (secondary N) is 2. The number of rotatable bonds is 9. The molecule has 1 aromatic heterocycles. The van der Waals surface area contributed by atoms with E-state index in [-0.39, 0.29) is 17.3 Å². The lowest BCUT2D eigenvalue weighted by Crippen LogP contribution is -2.11. The average molecular weight is 423 g/mol. The first-order valence-electron chi connectivity index (χ1n) is 9.72. The normalized spacial score (nSPS) is 10.5. The van der Waals surface area contributed by atoms with Crippen LogP contribution in [0.4, 0.5) is 23.0 Å². The third-order valence-electron chi connectivity index (χ3n) is 5.02. The summed E-state index contributed by atoms with van der Waals surface area (Å²) in [5, 5.41) is 17.9. The van der Waals surface area contributed by atoms with Gasteiger partial charge >= 0.3 is 5.69 Å². The summed E-state index contributed by atoms with van der Waals surface area (Å²) in [6.45, 7) is 4.37. The summed E-state index contributed by atoms with van der Waals surface area (Å²) < 4.78 is 10.6. The van der Waals surface area contributed by atoms with E-state index < -0.39 is 4.92 Å². The molecule has 0 amide bonds. The molecular formula is C22H25N5O4. The quantitative estimate of drug-likeness (QED) is 0.384. The third-order valence-corrected chi connectivity index (χ3v) is 5.02. The minimum atomic E-state index is -0.480. The fourth-order valence-corrected chi connectivity index (χ4v) is 3.15. The number of aromatic nitrogens is 2. The monoisotopic (exact) mass is 423 g/mol. The van der Waals surface area contributed by atoms with Crippen LogP contribution in [0.3, 0.4) is 0 Å². The molecule has 0 aliphatic carbocycles. The number of aryl methyl sites for hydroxylation is 1. The van der Waals surface area contributed by atoms with Crippen LogP contribution in [-0.4, -0.2) is 35.7 Å². The molecule has 0 bridgehead atoms. The molecule has 2 aromatic carbocycles. The first-order valence-corrected chi connectivity index (χ1v) is 9.72. The highest BCUT2D eigenvalue weighted by Gasteiger charge is 2.23. The minimum absolute atomic E-state index is 0.141. The molecule has 9 nitrogen and oxygen atoms in total. The number of hydrogen-bond donors (Lipinski definition) is 2. The molecule has 0 unspecified atom stereocenters. The highest BCUT2D eigenvalue weighted by molar-refractivity contribution is 5.75. The SMILES string of the molecule is COc1ccc(CCNc2ncnc(Nc3cccc(C)c3C)c2[N+](=O)[O-])cc1OC. The standard InChI is InChI=1S/C22H25N5O4/c1-14-6-5-7-17(15(14)2)26-22-20(27(28)29)21(24-13-25-22)23-11-10-16-8-9-18(30-3)19(12-16)31-4/h5-9,12-13H,10-11H2,1-4H3,(H2,23,24,25,26). The van der Waals surface area contributed by atoms with Gasteiger partial charge in [-0.2, -0.15) is 0 Å². The average Bonchev–Trinajstić information content (AvgIpc) is 2.76. The summed E-state index contributed by atoms with van der Waals surface area (Å²) in [5.41, 5.74) is 3.64. The summed E-state index contributed by atoms with van der Waals surface area (Å²) >= 11 is 0. The van der Waals surface area contributed by atoms with Crippen molar-refractivity contribution >= 4 is 23.0 Å². The van der Waals surface area contributed by atoms with Crippen molar-refractivity contribution in [2.45, 2.75) is 20.3 Å². The molecule has 1 heterocycles. The second-order valence-corrected chi connectivity index (χ2v) is 6.92. The van der Waals surface area contributed by atoms with Crippen molar-refractivity contribution < 1.29 is 14.4 Å². The van der Waals surface area contributed by atoms with Gasteiger partial charge in [0, 0.05) is 12.2 Å². The Morgan fingerprint density at radius 1 is 1.03 bits per heavy atom. The van der Waals surface area contributed by atoms with E-state index >= 15 is 0 Å². The topological polar surface area (TPSA) is 111 Å². The molecule has 31 heavy (non-hydrogen) atoms. The lowest BCUT2D eigenvalue weighted by molar-refractivity contribution is -0.383. The van der Waals surface area contributed by atoms with Crippen molar-refractivity contribution in [1.29, 1.82) is 0 Å². The summed E-state index contributed by atoms with van der Waals surface area (Å²) in [7, 11) is 3.16. The van der Waals surface area contributed by atoms with Crippen LogP contribution in [0.5, 0.6) is 11.5 Å². The molecular weight excluding hydrogens is 398 g/mol. The molecule has 0 aliphatic rings. The summed E-state index contributed by atoms with van der Waals surface area (Å²) in [5.74, 6) is 1.58. The van der Waals surface area contributed by atoms with Gasteiger partial charge in [-0.15, -0.1) is 0 Å². The van der Waals surface area contributed by atoms with Gasteiger partial charge in [0.15, 0.2) is 11.5 Å². The van der Waals surface area contributed by atoms with Gasteiger partial charge < -0.3 is 20.1 Å². The van der Waals surface area contributed by atoms with Gasteiger partial charge in [0.05, 0.1) is 19.1 Å². The lowest BCUT2D eigenvalue weighted by atomic mass is 10.1. The molecule has 0 aliphatic heterocycles.